The molecule has 1 aromatic heterocycles. The van der Waals surface area contributed by atoms with Crippen LogP contribution in [0.3, 0.4) is 0 Å². The van der Waals surface area contributed by atoms with E-state index in [1.807, 2.05) is 35.7 Å². The minimum atomic E-state index is -0.250. The predicted octanol–water partition coefficient (Wildman–Crippen LogP) is 5.90. The van der Waals surface area contributed by atoms with Crippen LogP contribution in [-0.4, -0.2) is 24.9 Å². The average Bonchev–Trinajstić information content (AvgIpc) is 3.31. The standard InChI is InChI=1S/C23H22ClN3O2S/c24-17-11-10-16(15-19(17)26-23(29)21-9-6-14-30-21)22(28)25-18-7-2-3-8-20(18)27-12-4-1-5-13-27/h2-3,6-11,14-15H,1,4-5,12-13H2,(H,25,28)(H,26,29). The molecule has 1 fully saturated rings. The highest BCUT2D eigenvalue weighted by Crippen LogP contribution is 2.30. The first-order chi connectivity index (χ1) is 14.6. The molecule has 0 bridgehead atoms. The fourth-order valence-electron chi connectivity index (χ4n) is 3.54. The summed E-state index contributed by atoms with van der Waals surface area (Å²) in [5.41, 5.74) is 2.65. The SMILES string of the molecule is O=C(Nc1ccccc1N1CCCCC1)c1ccc(Cl)c(NC(=O)c2cccs2)c1. The molecule has 3 aromatic rings. The number of nitrogens with zero attached hydrogens (tertiary/aromatic N) is 1. The van der Waals surface area contributed by atoms with Gasteiger partial charge in [-0.05, 0) is 61.0 Å². The van der Waals surface area contributed by atoms with Crippen molar-refractivity contribution in [3.63, 3.8) is 0 Å². The van der Waals surface area contributed by atoms with E-state index in [9.17, 15) is 9.59 Å². The Morgan fingerprint density at radius 3 is 2.40 bits per heavy atom. The summed E-state index contributed by atoms with van der Waals surface area (Å²) in [6.07, 6.45) is 3.56. The lowest BCUT2D eigenvalue weighted by Gasteiger charge is -2.30. The maximum atomic E-state index is 12.9. The lowest BCUT2D eigenvalue weighted by molar-refractivity contribution is 0.101. The van der Waals surface area contributed by atoms with Gasteiger partial charge in [0, 0.05) is 18.7 Å². The molecular formula is C23H22ClN3O2S. The average molecular weight is 440 g/mol. The zero-order valence-electron chi connectivity index (χ0n) is 16.4. The molecule has 0 aliphatic carbocycles. The van der Waals surface area contributed by atoms with E-state index in [0.717, 1.165) is 37.3 Å². The van der Waals surface area contributed by atoms with E-state index in [4.69, 9.17) is 11.6 Å². The molecule has 0 unspecified atom stereocenters. The summed E-state index contributed by atoms with van der Waals surface area (Å²) in [6.45, 7) is 1.99. The van der Waals surface area contributed by atoms with Gasteiger partial charge in [-0.15, -0.1) is 11.3 Å². The summed E-state index contributed by atoms with van der Waals surface area (Å²) in [7, 11) is 0. The van der Waals surface area contributed by atoms with Gasteiger partial charge in [-0.3, -0.25) is 9.59 Å². The van der Waals surface area contributed by atoms with Crippen LogP contribution in [0.2, 0.25) is 5.02 Å². The highest BCUT2D eigenvalue weighted by molar-refractivity contribution is 7.12. The summed E-state index contributed by atoms with van der Waals surface area (Å²) in [5, 5.41) is 8.02. The summed E-state index contributed by atoms with van der Waals surface area (Å²) < 4.78 is 0. The van der Waals surface area contributed by atoms with E-state index in [1.54, 1.807) is 24.3 Å². The van der Waals surface area contributed by atoms with Crippen molar-refractivity contribution in [1.29, 1.82) is 0 Å². The number of rotatable bonds is 5. The molecule has 30 heavy (non-hydrogen) atoms. The molecule has 154 valence electrons. The number of halogens is 1. The minimum Gasteiger partial charge on any atom is -0.370 e. The van der Waals surface area contributed by atoms with Gasteiger partial charge in [0.1, 0.15) is 0 Å². The minimum absolute atomic E-state index is 0.247. The fourth-order valence-corrected chi connectivity index (χ4v) is 4.32. The molecule has 2 heterocycles. The number of hydrogen-bond acceptors (Lipinski definition) is 4. The topological polar surface area (TPSA) is 61.4 Å². The van der Waals surface area contributed by atoms with Gasteiger partial charge in [0.05, 0.1) is 27.0 Å². The molecular weight excluding hydrogens is 418 g/mol. The third kappa shape index (κ3) is 4.66. The molecule has 2 amide bonds. The third-order valence-corrected chi connectivity index (χ3v) is 6.27. The molecule has 0 spiro atoms. The maximum Gasteiger partial charge on any atom is 0.265 e. The van der Waals surface area contributed by atoms with Crippen molar-refractivity contribution in [3.8, 4) is 0 Å². The highest BCUT2D eigenvalue weighted by Gasteiger charge is 2.17. The molecule has 1 aliphatic heterocycles. The van der Waals surface area contributed by atoms with Crippen LogP contribution in [-0.2, 0) is 0 Å². The number of benzene rings is 2. The summed E-state index contributed by atoms with van der Waals surface area (Å²) >= 11 is 7.59. The van der Waals surface area contributed by atoms with Crippen LogP contribution in [0.4, 0.5) is 17.1 Å². The Balaban J connectivity index is 1.52. The van der Waals surface area contributed by atoms with Crippen molar-refractivity contribution in [1.82, 2.24) is 0 Å². The van der Waals surface area contributed by atoms with Gasteiger partial charge in [0.2, 0.25) is 0 Å². The van der Waals surface area contributed by atoms with Crippen LogP contribution in [0.5, 0.6) is 0 Å². The van der Waals surface area contributed by atoms with Crippen LogP contribution in [0.1, 0.15) is 39.3 Å². The van der Waals surface area contributed by atoms with Gasteiger partial charge in [-0.25, -0.2) is 0 Å². The second kappa shape index (κ2) is 9.32. The summed E-state index contributed by atoms with van der Waals surface area (Å²) in [6, 6.07) is 16.3. The monoisotopic (exact) mass is 439 g/mol. The first kappa shape index (κ1) is 20.4. The van der Waals surface area contributed by atoms with Gasteiger partial charge in [0.25, 0.3) is 11.8 Å². The van der Waals surface area contributed by atoms with Crippen LogP contribution in [0.25, 0.3) is 0 Å². The Hall–Kier alpha value is -2.83. The number of carbonyl (C=O) groups excluding carboxylic acids is 2. The highest BCUT2D eigenvalue weighted by atomic mass is 35.5. The quantitative estimate of drug-likeness (QED) is 0.520. The number of nitrogens with one attached hydrogen (secondary N) is 2. The van der Waals surface area contributed by atoms with Crippen molar-refractivity contribution >= 4 is 51.8 Å². The van der Waals surface area contributed by atoms with Crippen molar-refractivity contribution in [3.05, 3.63) is 75.4 Å². The first-order valence-electron chi connectivity index (χ1n) is 9.91. The van der Waals surface area contributed by atoms with E-state index in [-0.39, 0.29) is 11.8 Å². The Bertz CT molecular complexity index is 1050. The smallest absolute Gasteiger partial charge is 0.265 e. The molecule has 2 aromatic carbocycles. The first-order valence-corrected chi connectivity index (χ1v) is 11.2. The van der Waals surface area contributed by atoms with E-state index >= 15 is 0 Å². The Kier molecular flexibility index (Phi) is 6.35. The van der Waals surface area contributed by atoms with Gasteiger partial charge in [-0.2, -0.15) is 0 Å². The number of amides is 2. The number of hydrogen-bond donors (Lipinski definition) is 2. The molecule has 1 aliphatic rings. The fraction of sp³-hybridized carbons (Fsp3) is 0.217. The van der Waals surface area contributed by atoms with E-state index < -0.39 is 0 Å². The Morgan fingerprint density at radius 1 is 0.867 bits per heavy atom. The number of thiophene rings is 1. The zero-order chi connectivity index (χ0) is 20.9. The largest absolute Gasteiger partial charge is 0.370 e. The van der Waals surface area contributed by atoms with Crippen molar-refractivity contribution in [2.45, 2.75) is 19.3 Å². The van der Waals surface area contributed by atoms with Crippen LogP contribution < -0.4 is 15.5 Å². The van der Waals surface area contributed by atoms with Gasteiger partial charge >= 0.3 is 0 Å². The van der Waals surface area contributed by atoms with Crippen LogP contribution in [0, 0.1) is 0 Å². The van der Waals surface area contributed by atoms with E-state index in [0.29, 0.717) is 21.2 Å². The van der Waals surface area contributed by atoms with Crippen molar-refractivity contribution in [2.24, 2.45) is 0 Å². The van der Waals surface area contributed by atoms with E-state index in [1.165, 1.54) is 17.8 Å². The number of carbonyl (C=O) groups is 2. The van der Waals surface area contributed by atoms with Gasteiger partial charge < -0.3 is 15.5 Å². The molecule has 0 radical (unpaired) electrons. The number of para-hydroxylation sites is 2. The molecule has 2 N–H and O–H groups in total. The number of anilines is 3. The summed E-state index contributed by atoms with van der Waals surface area (Å²) in [5.74, 6) is -0.498. The lowest BCUT2D eigenvalue weighted by Crippen LogP contribution is -2.30. The predicted molar refractivity (Wildman–Crippen MR) is 124 cm³/mol. The second-order valence-electron chi connectivity index (χ2n) is 7.15. The molecule has 5 nitrogen and oxygen atoms in total. The Labute approximate surface area is 184 Å². The third-order valence-electron chi connectivity index (χ3n) is 5.07. The van der Waals surface area contributed by atoms with Crippen molar-refractivity contribution in [2.75, 3.05) is 28.6 Å². The molecule has 0 atom stereocenters. The molecule has 0 saturated carbocycles. The second-order valence-corrected chi connectivity index (χ2v) is 8.50. The van der Waals surface area contributed by atoms with Gasteiger partial charge in [0.15, 0.2) is 0 Å². The van der Waals surface area contributed by atoms with E-state index in [2.05, 4.69) is 15.5 Å². The molecule has 4 rings (SSSR count). The normalized spacial score (nSPS) is 13.7. The van der Waals surface area contributed by atoms with Crippen LogP contribution >= 0.6 is 22.9 Å². The molecule has 1 saturated heterocycles. The Morgan fingerprint density at radius 2 is 1.63 bits per heavy atom. The molecule has 7 heteroatoms. The lowest BCUT2D eigenvalue weighted by atomic mass is 10.1. The number of piperidine rings is 1. The summed E-state index contributed by atoms with van der Waals surface area (Å²) in [4.78, 5) is 28.2. The zero-order valence-corrected chi connectivity index (χ0v) is 17.9. The van der Waals surface area contributed by atoms with Gasteiger partial charge in [-0.1, -0.05) is 29.8 Å². The maximum absolute atomic E-state index is 12.9. The van der Waals surface area contributed by atoms with Crippen LogP contribution in [0.15, 0.2) is 60.0 Å². The van der Waals surface area contributed by atoms with Crippen molar-refractivity contribution < 1.29 is 9.59 Å².